The predicted octanol–water partition coefficient (Wildman–Crippen LogP) is 4.55. The predicted molar refractivity (Wildman–Crippen MR) is 82.2 cm³/mol. The van der Waals surface area contributed by atoms with Crippen molar-refractivity contribution in [1.82, 2.24) is 10.2 Å². The molecule has 0 aliphatic carbocycles. The van der Waals surface area contributed by atoms with Crippen molar-refractivity contribution >= 4 is 11.7 Å². The maximum atomic E-state index is 12.8. The normalized spacial score (nSPS) is 12.2. The van der Waals surface area contributed by atoms with Crippen molar-refractivity contribution < 1.29 is 35.9 Å². The molecule has 2 aromatic rings. The van der Waals surface area contributed by atoms with Crippen LogP contribution in [0.4, 0.5) is 32.2 Å². The molecule has 1 heterocycles. The van der Waals surface area contributed by atoms with Gasteiger partial charge in [0.25, 0.3) is 5.91 Å². The number of amides is 1. The van der Waals surface area contributed by atoms with E-state index in [2.05, 4.69) is 15.5 Å². The van der Waals surface area contributed by atoms with Crippen LogP contribution in [0.5, 0.6) is 5.88 Å². The summed E-state index contributed by atoms with van der Waals surface area (Å²) in [6, 6.07) is 3.19. The Hall–Kier alpha value is -2.85. The van der Waals surface area contributed by atoms with Gasteiger partial charge in [0.1, 0.15) is 0 Å². The molecule has 11 heteroatoms. The van der Waals surface area contributed by atoms with E-state index in [1.165, 1.54) is 12.1 Å². The second-order valence-corrected chi connectivity index (χ2v) is 5.67. The average Bonchev–Trinajstić information content (AvgIpc) is 2.54. The fraction of sp³-hybridized carbons (Fsp3) is 0.312. The minimum absolute atomic E-state index is 0.0609. The highest BCUT2D eigenvalue weighted by Crippen LogP contribution is 2.36. The Balaban J connectivity index is 2.29. The zero-order chi connectivity index (χ0) is 20.4. The summed E-state index contributed by atoms with van der Waals surface area (Å²) >= 11 is 0. The number of benzene rings is 1. The van der Waals surface area contributed by atoms with Crippen molar-refractivity contribution in [3.05, 3.63) is 47.0 Å². The standard InChI is InChI=1S/C16H13F6N3O2/c1-8(2)27-13-4-3-12(24-25-13)23-14(26)9-5-10(15(17,18)19)7-11(6-9)16(20,21)22/h3-8H,1-2H3,(H,23,24,26). The van der Waals surface area contributed by atoms with Crippen LogP contribution in [0.1, 0.15) is 35.3 Å². The zero-order valence-electron chi connectivity index (χ0n) is 13.9. The fourth-order valence-corrected chi connectivity index (χ4v) is 1.97. The summed E-state index contributed by atoms with van der Waals surface area (Å²) in [5.74, 6) is -1.22. The van der Waals surface area contributed by atoms with E-state index in [4.69, 9.17) is 4.74 Å². The van der Waals surface area contributed by atoms with Crippen LogP contribution in [0.25, 0.3) is 0 Å². The van der Waals surface area contributed by atoms with E-state index in [0.29, 0.717) is 12.1 Å². The average molecular weight is 393 g/mol. The highest BCUT2D eigenvalue weighted by molar-refractivity contribution is 6.04. The molecule has 0 radical (unpaired) electrons. The molecule has 1 aromatic heterocycles. The number of aromatic nitrogens is 2. The number of carbonyl (C=O) groups is 1. The van der Waals surface area contributed by atoms with Crippen LogP contribution < -0.4 is 10.1 Å². The molecule has 0 unspecified atom stereocenters. The van der Waals surface area contributed by atoms with E-state index in [9.17, 15) is 31.1 Å². The zero-order valence-corrected chi connectivity index (χ0v) is 13.9. The van der Waals surface area contributed by atoms with Gasteiger partial charge in [-0.15, -0.1) is 10.2 Å². The molecule has 146 valence electrons. The largest absolute Gasteiger partial charge is 0.474 e. The first-order chi connectivity index (χ1) is 12.4. The Morgan fingerprint density at radius 1 is 0.963 bits per heavy atom. The molecule has 0 atom stereocenters. The third-order valence-corrected chi connectivity index (χ3v) is 3.09. The molecule has 0 bridgehead atoms. The summed E-state index contributed by atoms with van der Waals surface area (Å²) in [5, 5.41) is 9.31. The van der Waals surface area contributed by atoms with Gasteiger partial charge in [-0.25, -0.2) is 0 Å². The van der Waals surface area contributed by atoms with Crippen LogP contribution in [0.15, 0.2) is 30.3 Å². The van der Waals surface area contributed by atoms with Crippen LogP contribution in [-0.4, -0.2) is 22.2 Å². The van der Waals surface area contributed by atoms with Gasteiger partial charge in [-0.05, 0) is 38.1 Å². The molecule has 0 spiro atoms. The second-order valence-electron chi connectivity index (χ2n) is 5.67. The topological polar surface area (TPSA) is 64.1 Å². The van der Waals surface area contributed by atoms with E-state index in [0.717, 1.165) is 0 Å². The quantitative estimate of drug-likeness (QED) is 0.774. The molecular formula is C16H13F6N3O2. The Morgan fingerprint density at radius 2 is 1.52 bits per heavy atom. The molecule has 0 aliphatic rings. The summed E-state index contributed by atoms with van der Waals surface area (Å²) in [5.41, 5.74) is -4.00. The van der Waals surface area contributed by atoms with Gasteiger partial charge >= 0.3 is 12.4 Å². The lowest BCUT2D eigenvalue weighted by Gasteiger charge is -2.14. The Morgan fingerprint density at radius 3 is 1.93 bits per heavy atom. The summed E-state index contributed by atoms with van der Waals surface area (Å²) in [7, 11) is 0. The number of hydrogen-bond donors (Lipinski definition) is 1. The number of nitrogens with zero attached hydrogens (tertiary/aromatic N) is 2. The number of rotatable bonds is 4. The molecule has 0 saturated heterocycles. The first kappa shape index (κ1) is 20.5. The Labute approximate surface area is 149 Å². The minimum Gasteiger partial charge on any atom is -0.474 e. The van der Waals surface area contributed by atoms with Crippen molar-refractivity contribution in [3.63, 3.8) is 0 Å². The smallest absolute Gasteiger partial charge is 0.416 e. The summed E-state index contributed by atoms with van der Waals surface area (Å²) < 4.78 is 82.3. The van der Waals surface area contributed by atoms with Gasteiger partial charge in [0.05, 0.1) is 17.2 Å². The van der Waals surface area contributed by atoms with Crippen molar-refractivity contribution in [2.75, 3.05) is 5.32 Å². The first-order valence-electron chi connectivity index (χ1n) is 7.47. The number of carbonyl (C=O) groups excluding carboxylic acids is 1. The molecule has 27 heavy (non-hydrogen) atoms. The number of hydrogen-bond acceptors (Lipinski definition) is 4. The molecule has 1 N–H and O–H groups in total. The first-order valence-corrected chi connectivity index (χ1v) is 7.47. The summed E-state index contributed by atoms with van der Waals surface area (Å²) in [6.45, 7) is 3.48. The van der Waals surface area contributed by atoms with Gasteiger partial charge in [-0.3, -0.25) is 4.79 Å². The SMILES string of the molecule is CC(C)Oc1ccc(NC(=O)c2cc(C(F)(F)F)cc(C(F)(F)F)c2)nn1. The maximum Gasteiger partial charge on any atom is 0.416 e. The van der Waals surface area contributed by atoms with Gasteiger partial charge in [0, 0.05) is 11.6 Å². The Kier molecular flexibility index (Phi) is 5.62. The van der Waals surface area contributed by atoms with E-state index in [-0.39, 0.29) is 23.9 Å². The van der Waals surface area contributed by atoms with Gasteiger partial charge in [-0.1, -0.05) is 0 Å². The number of alkyl halides is 6. The molecule has 0 fully saturated rings. The van der Waals surface area contributed by atoms with Gasteiger partial charge < -0.3 is 10.1 Å². The van der Waals surface area contributed by atoms with Crippen molar-refractivity contribution in [1.29, 1.82) is 0 Å². The highest BCUT2D eigenvalue weighted by atomic mass is 19.4. The summed E-state index contributed by atoms with van der Waals surface area (Å²) in [6.07, 6.45) is -10.3. The third-order valence-electron chi connectivity index (χ3n) is 3.09. The fourth-order valence-electron chi connectivity index (χ4n) is 1.97. The number of halogens is 6. The number of anilines is 1. The van der Waals surface area contributed by atoms with Crippen molar-refractivity contribution in [3.8, 4) is 5.88 Å². The van der Waals surface area contributed by atoms with Crippen molar-refractivity contribution in [2.24, 2.45) is 0 Å². The summed E-state index contributed by atoms with van der Waals surface area (Å²) in [4.78, 5) is 12.1. The maximum absolute atomic E-state index is 12.8. The Bertz CT molecular complexity index is 784. The molecule has 5 nitrogen and oxygen atoms in total. The van der Waals surface area contributed by atoms with Crippen LogP contribution in [0, 0.1) is 0 Å². The molecular weight excluding hydrogens is 380 g/mol. The minimum atomic E-state index is -5.05. The lowest BCUT2D eigenvalue weighted by Crippen LogP contribution is -2.18. The van der Waals surface area contributed by atoms with Crippen molar-refractivity contribution in [2.45, 2.75) is 32.3 Å². The lowest BCUT2D eigenvalue weighted by atomic mass is 10.0. The second kappa shape index (κ2) is 7.41. The third kappa shape index (κ3) is 5.56. The molecule has 1 amide bonds. The van der Waals surface area contributed by atoms with Gasteiger partial charge in [0.2, 0.25) is 5.88 Å². The van der Waals surface area contributed by atoms with E-state index in [1.54, 1.807) is 13.8 Å². The van der Waals surface area contributed by atoms with Gasteiger partial charge in [0.15, 0.2) is 5.82 Å². The van der Waals surface area contributed by atoms with E-state index < -0.39 is 35.0 Å². The monoisotopic (exact) mass is 393 g/mol. The molecule has 0 aliphatic heterocycles. The number of ether oxygens (including phenoxy) is 1. The van der Waals surface area contributed by atoms with Crippen LogP contribution in [0.2, 0.25) is 0 Å². The highest BCUT2D eigenvalue weighted by Gasteiger charge is 2.37. The van der Waals surface area contributed by atoms with Crippen LogP contribution >= 0.6 is 0 Å². The van der Waals surface area contributed by atoms with Crippen LogP contribution in [0.3, 0.4) is 0 Å². The van der Waals surface area contributed by atoms with E-state index in [1.807, 2.05) is 0 Å². The van der Waals surface area contributed by atoms with E-state index >= 15 is 0 Å². The molecule has 0 saturated carbocycles. The lowest BCUT2D eigenvalue weighted by molar-refractivity contribution is -0.143. The van der Waals surface area contributed by atoms with Gasteiger partial charge in [-0.2, -0.15) is 26.3 Å². The van der Waals surface area contributed by atoms with Crippen LogP contribution in [-0.2, 0) is 12.4 Å². The molecule has 2 rings (SSSR count). The number of nitrogens with one attached hydrogen (secondary N) is 1. The molecule has 1 aromatic carbocycles.